The number of benzene rings is 2. The summed E-state index contributed by atoms with van der Waals surface area (Å²) in [7, 11) is 0. The van der Waals surface area contributed by atoms with Crippen LogP contribution in [0.3, 0.4) is 0 Å². The quantitative estimate of drug-likeness (QED) is 0.441. The van der Waals surface area contributed by atoms with Crippen molar-refractivity contribution in [2.75, 3.05) is 11.5 Å². The van der Waals surface area contributed by atoms with Gasteiger partial charge in [-0.2, -0.15) is 0 Å². The highest BCUT2D eigenvalue weighted by Crippen LogP contribution is 2.43. The molecular weight excluding hydrogens is 396 g/mol. The summed E-state index contributed by atoms with van der Waals surface area (Å²) in [6.07, 6.45) is 1.14. The van der Waals surface area contributed by atoms with Gasteiger partial charge in [-0.25, -0.2) is 4.98 Å². The van der Waals surface area contributed by atoms with Crippen LogP contribution < -0.4 is 5.73 Å². The molecule has 1 aliphatic rings. The Labute approximate surface area is 181 Å². The second kappa shape index (κ2) is 9.62. The third-order valence-electron chi connectivity index (χ3n) is 5.34. The average molecular weight is 423 g/mol. The molecule has 1 aliphatic heterocycles. The smallest absolute Gasteiger partial charge is 0.185 e. The fraction of sp³-hybridized carbons (Fsp3) is 0.292. The number of nitrogens with zero attached hydrogens (tertiary/aromatic N) is 1. The Morgan fingerprint density at radius 3 is 2.53 bits per heavy atom. The van der Waals surface area contributed by atoms with Crippen molar-refractivity contribution < 1.29 is 14.6 Å². The highest BCUT2D eigenvalue weighted by Gasteiger charge is 2.38. The van der Waals surface area contributed by atoms with Crippen molar-refractivity contribution in [2.45, 2.75) is 37.1 Å². The molecular formula is C24H26N2O3S. The largest absolute Gasteiger partial charge is 0.399 e. The van der Waals surface area contributed by atoms with E-state index in [-0.39, 0.29) is 24.7 Å². The van der Waals surface area contributed by atoms with Crippen molar-refractivity contribution in [1.82, 2.24) is 4.98 Å². The SMILES string of the molecule is CC1C(CSc2ccccn2)OC(c2cccc(N)c2)OC1c1ccc(CO)cc1. The zero-order valence-corrected chi connectivity index (χ0v) is 17.7. The molecule has 5 nitrogen and oxygen atoms in total. The molecule has 2 heterocycles. The van der Waals surface area contributed by atoms with Crippen LogP contribution in [0, 0.1) is 5.92 Å². The van der Waals surface area contributed by atoms with Crippen molar-refractivity contribution >= 4 is 17.4 Å². The van der Waals surface area contributed by atoms with Gasteiger partial charge in [0, 0.05) is 29.1 Å². The molecule has 6 heteroatoms. The molecule has 1 fully saturated rings. The van der Waals surface area contributed by atoms with Crippen molar-refractivity contribution in [1.29, 1.82) is 0 Å². The van der Waals surface area contributed by atoms with Gasteiger partial charge < -0.3 is 20.3 Å². The van der Waals surface area contributed by atoms with E-state index in [0.717, 1.165) is 27.5 Å². The Bertz CT molecular complexity index is 952. The molecule has 3 aromatic rings. The minimum absolute atomic E-state index is 0.0275. The van der Waals surface area contributed by atoms with Gasteiger partial charge in [0.15, 0.2) is 6.29 Å². The van der Waals surface area contributed by atoms with Crippen LogP contribution in [0.15, 0.2) is 78.0 Å². The Morgan fingerprint density at radius 2 is 1.83 bits per heavy atom. The van der Waals surface area contributed by atoms with E-state index in [1.54, 1.807) is 18.0 Å². The van der Waals surface area contributed by atoms with Crippen LogP contribution >= 0.6 is 11.8 Å². The maximum absolute atomic E-state index is 9.36. The topological polar surface area (TPSA) is 77.6 Å². The van der Waals surface area contributed by atoms with Crippen molar-refractivity contribution in [2.24, 2.45) is 5.92 Å². The number of pyridine rings is 1. The summed E-state index contributed by atoms with van der Waals surface area (Å²) < 4.78 is 12.8. The van der Waals surface area contributed by atoms with Crippen molar-refractivity contribution in [3.05, 3.63) is 89.6 Å². The van der Waals surface area contributed by atoms with Crippen LogP contribution in [0.4, 0.5) is 5.69 Å². The number of aromatic nitrogens is 1. The van der Waals surface area contributed by atoms with E-state index in [4.69, 9.17) is 15.2 Å². The zero-order chi connectivity index (χ0) is 20.9. The Hall–Kier alpha value is -2.38. The molecule has 1 saturated heterocycles. The second-order valence-corrected chi connectivity index (χ2v) is 8.51. The number of aliphatic hydroxyl groups is 1. The van der Waals surface area contributed by atoms with Crippen LogP contribution in [0.25, 0.3) is 0 Å². The highest BCUT2D eigenvalue weighted by atomic mass is 32.2. The predicted octanol–water partition coefficient (Wildman–Crippen LogP) is 4.74. The Morgan fingerprint density at radius 1 is 1.00 bits per heavy atom. The highest BCUT2D eigenvalue weighted by molar-refractivity contribution is 7.99. The fourth-order valence-corrected chi connectivity index (χ4v) is 4.64. The first-order valence-electron chi connectivity index (χ1n) is 10.0. The molecule has 156 valence electrons. The van der Waals surface area contributed by atoms with E-state index in [1.165, 1.54) is 0 Å². The van der Waals surface area contributed by atoms with Gasteiger partial charge in [-0.15, -0.1) is 11.8 Å². The molecule has 0 radical (unpaired) electrons. The van der Waals surface area contributed by atoms with Crippen LogP contribution in [0.1, 0.15) is 36.0 Å². The standard InChI is InChI=1S/C24H26N2O3S/c1-16-21(15-30-22-7-2-3-12-26-22)28-24(19-5-4-6-20(25)13-19)29-23(16)18-10-8-17(14-27)9-11-18/h2-13,16,21,23-24,27H,14-15,25H2,1H3. The molecule has 30 heavy (non-hydrogen) atoms. The number of rotatable bonds is 6. The zero-order valence-electron chi connectivity index (χ0n) is 16.8. The summed E-state index contributed by atoms with van der Waals surface area (Å²) >= 11 is 1.68. The number of ether oxygens (including phenoxy) is 2. The molecule has 0 aliphatic carbocycles. The minimum atomic E-state index is -0.499. The van der Waals surface area contributed by atoms with Gasteiger partial charge >= 0.3 is 0 Å². The molecule has 0 saturated carbocycles. The lowest BCUT2D eigenvalue weighted by atomic mass is 9.91. The van der Waals surface area contributed by atoms with E-state index < -0.39 is 6.29 Å². The van der Waals surface area contributed by atoms with E-state index in [1.807, 2.05) is 66.7 Å². The lowest BCUT2D eigenvalue weighted by Crippen LogP contribution is -2.38. The maximum Gasteiger partial charge on any atom is 0.185 e. The van der Waals surface area contributed by atoms with Crippen LogP contribution in [0.5, 0.6) is 0 Å². The van der Waals surface area contributed by atoms with Gasteiger partial charge in [-0.1, -0.05) is 49.4 Å². The number of nitrogens with two attached hydrogens (primary N) is 1. The first kappa shape index (κ1) is 20.9. The summed E-state index contributed by atoms with van der Waals surface area (Å²) in [6.45, 7) is 2.18. The normalized spacial score (nSPS) is 23.9. The van der Waals surface area contributed by atoms with Crippen molar-refractivity contribution in [3.8, 4) is 0 Å². The lowest BCUT2D eigenvalue weighted by molar-refractivity contribution is -0.268. The van der Waals surface area contributed by atoms with E-state index in [2.05, 4.69) is 11.9 Å². The molecule has 0 spiro atoms. The number of anilines is 1. The van der Waals surface area contributed by atoms with Crippen molar-refractivity contribution in [3.63, 3.8) is 0 Å². The average Bonchev–Trinajstić information content (AvgIpc) is 2.79. The third kappa shape index (κ3) is 4.84. The molecule has 1 aromatic heterocycles. The van der Waals surface area contributed by atoms with Gasteiger partial charge in [0.05, 0.1) is 23.8 Å². The van der Waals surface area contributed by atoms with E-state index in [0.29, 0.717) is 5.69 Å². The summed E-state index contributed by atoms with van der Waals surface area (Å²) in [4.78, 5) is 4.41. The van der Waals surface area contributed by atoms with Gasteiger partial charge in [0.25, 0.3) is 0 Å². The molecule has 0 amide bonds. The fourth-order valence-electron chi connectivity index (χ4n) is 3.62. The first-order valence-corrected chi connectivity index (χ1v) is 11.0. The maximum atomic E-state index is 9.36. The van der Waals surface area contributed by atoms with Gasteiger partial charge in [0.2, 0.25) is 0 Å². The van der Waals surface area contributed by atoms with Gasteiger partial charge in [0.1, 0.15) is 0 Å². The van der Waals surface area contributed by atoms with E-state index >= 15 is 0 Å². The summed E-state index contributed by atoms with van der Waals surface area (Å²) in [5.74, 6) is 0.907. The minimum Gasteiger partial charge on any atom is -0.399 e. The molecule has 4 rings (SSSR count). The molecule has 0 bridgehead atoms. The van der Waals surface area contributed by atoms with Gasteiger partial charge in [-0.05, 0) is 35.4 Å². The van der Waals surface area contributed by atoms with Crippen LogP contribution in [-0.4, -0.2) is 21.9 Å². The molecule has 2 aromatic carbocycles. The molecule has 3 N–H and O–H groups in total. The van der Waals surface area contributed by atoms with Crippen LogP contribution in [-0.2, 0) is 16.1 Å². The number of nitrogen functional groups attached to an aromatic ring is 1. The summed E-state index contributed by atoms with van der Waals surface area (Å²) in [5.41, 5.74) is 9.54. The first-order chi connectivity index (χ1) is 14.6. The number of hydrogen-bond donors (Lipinski definition) is 2. The second-order valence-electron chi connectivity index (χ2n) is 7.47. The third-order valence-corrected chi connectivity index (χ3v) is 6.37. The number of thioether (sulfide) groups is 1. The Kier molecular flexibility index (Phi) is 6.69. The molecule has 4 atom stereocenters. The lowest BCUT2D eigenvalue weighted by Gasteiger charge is -2.41. The predicted molar refractivity (Wildman–Crippen MR) is 119 cm³/mol. The number of aliphatic hydroxyl groups excluding tert-OH is 1. The van der Waals surface area contributed by atoms with Crippen LogP contribution in [0.2, 0.25) is 0 Å². The summed E-state index contributed by atoms with van der Waals surface area (Å²) in [5, 5.41) is 10.3. The summed E-state index contributed by atoms with van der Waals surface area (Å²) in [6, 6.07) is 21.5. The van der Waals surface area contributed by atoms with E-state index in [9.17, 15) is 5.11 Å². The Balaban J connectivity index is 1.59. The number of hydrogen-bond acceptors (Lipinski definition) is 6. The molecule has 4 unspecified atom stereocenters. The monoisotopic (exact) mass is 422 g/mol. The van der Waals surface area contributed by atoms with Gasteiger partial charge in [-0.3, -0.25) is 0 Å².